The average molecular weight is 235 g/mol. The number of unbranched alkanes of at least 4 members (excludes halogenated alkanes) is 1. The minimum Gasteiger partial charge on any atom is -0.356 e. The third-order valence-corrected chi connectivity index (χ3v) is 5.34. The largest absolute Gasteiger partial charge is 0.356 e. The molecule has 4 fully saturated rings. The van der Waals surface area contributed by atoms with Gasteiger partial charge in [-0.25, -0.2) is 0 Å². The predicted octanol–water partition coefficient (Wildman–Crippen LogP) is 3.12. The van der Waals surface area contributed by atoms with Crippen LogP contribution in [0.4, 0.5) is 0 Å². The maximum atomic E-state index is 12.5. The SMILES string of the molecule is CCCCNC(=O)C12CC3CC(CC(C3)C1)C2. The molecule has 0 aromatic rings. The molecule has 17 heavy (non-hydrogen) atoms. The zero-order chi connectivity index (χ0) is 11.9. The highest BCUT2D eigenvalue weighted by Gasteiger charge is 2.54. The predicted molar refractivity (Wildman–Crippen MR) is 68.5 cm³/mol. The van der Waals surface area contributed by atoms with Crippen molar-refractivity contribution in [1.29, 1.82) is 0 Å². The summed E-state index contributed by atoms with van der Waals surface area (Å²) in [4.78, 5) is 12.5. The van der Waals surface area contributed by atoms with Crippen molar-refractivity contribution >= 4 is 5.91 Å². The topological polar surface area (TPSA) is 29.1 Å². The molecule has 1 N–H and O–H groups in total. The summed E-state index contributed by atoms with van der Waals surface area (Å²) in [5, 5.41) is 3.20. The van der Waals surface area contributed by atoms with E-state index >= 15 is 0 Å². The van der Waals surface area contributed by atoms with Gasteiger partial charge in [-0.3, -0.25) is 4.79 Å². The van der Waals surface area contributed by atoms with E-state index in [0.717, 1.165) is 30.7 Å². The fraction of sp³-hybridized carbons (Fsp3) is 0.933. The van der Waals surface area contributed by atoms with Gasteiger partial charge in [-0.15, -0.1) is 0 Å². The molecular weight excluding hydrogens is 210 g/mol. The Labute approximate surface area is 105 Å². The highest BCUT2D eigenvalue weighted by atomic mass is 16.2. The molecule has 4 rings (SSSR count). The van der Waals surface area contributed by atoms with E-state index in [1.165, 1.54) is 44.9 Å². The molecular formula is C15H25NO. The van der Waals surface area contributed by atoms with Gasteiger partial charge < -0.3 is 5.32 Å². The zero-order valence-electron chi connectivity index (χ0n) is 11.0. The Morgan fingerprint density at radius 3 is 2.12 bits per heavy atom. The number of hydrogen-bond donors (Lipinski definition) is 1. The van der Waals surface area contributed by atoms with Gasteiger partial charge in [0.15, 0.2) is 0 Å². The van der Waals surface area contributed by atoms with Crippen LogP contribution < -0.4 is 5.32 Å². The van der Waals surface area contributed by atoms with E-state index in [2.05, 4.69) is 12.2 Å². The zero-order valence-corrected chi connectivity index (χ0v) is 11.0. The molecule has 4 aliphatic rings. The molecule has 2 heteroatoms. The number of rotatable bonds is 4. The van der Waals surface area contributed by atoms with Crippen molar-refractivity contribution in [2.24, 2.45) is 23.2 Å². The third-order valence-electron chi connectivity index (χ3n) is 5.34. The lowest BCUT2D eigenvalue weighted by Crippen LogP contribution is -2.53. The first kappa shape index (κ1) is 11.6. The minimum atomic E-state index is 0.0580. The van der Waals surface area contributed by atoms with E-state index < -0.39 is 0 Å². The normalized spacial score (nSPS) is 42.8. The smallest absolute Gasteiger partial charge is 0.226 e. The number of carbonyl (C=O) groups excluding carboxylic acids is 1. The summed E-state index contributed by atoms with van der Waals surface area (Å²) in [6.45, 7) is 3.06. The highest BCUT2D eigenvalue weighted by Crippen LogP contribution is 2.60. The van der Waals surface area contributed by atoms with Crippen molar-refractivity contribution in [3.8, 4) is 0 Å². The fourth-order valence-corrected chi connectivity index (χ4v) is 4.95. The van der Waals surface area contributed by atoms with Crippen molar-refractivity contribution in [2.45, 2.75) is 58.3 Å². The van der Waals surface area contributed by atoms with Crippen molar-refractivity contribution in [3.05, 3.63) is 0 Å². The Kier molecular flexibility index (Phi) is 2.92. The number of nitrogens with one attached hydrogen (secondary N) is 1. The molecule has 4 aliphatic carbocycles. The molecule has 0 radical (unpaired) electrons. The standard InChI is InChI=1S/C15H25NO/c1-2-3-4-16-14(17)15-8-11-5-12(9-15)7-13(6-11)10-15/h11-13H,2-10H2,1H3,(H,16,17). The summed E-state index contributed by atoms with van der Waals surface area (Å²) in [7, 11) is 0. The summed E-state index contributed by atoms with van der Waals surface area (Å²) in [6.07, 6.45) is 10.1. The minimum absolute atomic E-state index is 0.0580. The van der Waals surface area contributed by atoms with E-state index in [1.807, 2.05) is 0 Å². The second-order valence-corrected chi connectivity index (χ2v) is 6.81. The first-order valence-corrected chi connectivity index (χ1v) is 7.50. The van der Waals surface area contributed by atoms with E-state index in [-0.39, 0.29) is 5.41 Å². The Bertz CT molecular complexity index is 275. The Balaban J connectivity index is 1.67. The lowest BCUT2D eigenvalue weighted by atomic mass is 9.49. The van der Waals surface area contributed by atoms with Crippen molar-refractivity contribution < 1.29 is 4.79 Å². The summed E-state index contributed by atoms with van der Waals surface area (Å²) in [5.41, 5.74) is 0.0580. The van der Waals surface area contributed by atoms with Gasteiger partial charge >= 0.3 is 0 Å². The van der Waals surface area contributed by atoms with Gasteiger partial charge in [-0.2, -0.15) is 0 Å². The first-order valence-electron chi connectivity index (χ1n) is 7.50. The van der Waals surface area contributed by atoms with Gasteiger partial charge in [0.05, 0.1) is 0 Å². The number of carbonyl (C=O) groups is 1. The lowest BCUT2D eigenvalue weighted by Gasteiger charge is -2.55. The van der Waals surface area contributed by atoms with Crippen LogP contribution in [0.2, 0.25) is 0 Å². The van der Waals surface area contributed by atoms with Crippen LogP contribution in [0.5, 0.6) is 0 Å². The Morgan fingerprint density at radius 1 is 1.12 bits per heavy atom. The monoisotopic (exact) mass is 235 g/mol. The molecule has 4 saturated carbocycles. The molecule has 0 aliphatic heterocycles. The van der Waals surface area contributed by atoms with Gasteiger partial charge in [0.2, 0.25) is 5.91 Å². The summed E-state index contributed by atoms with van der Waals surface area (Å²) < 4.78 is 0. The molecule has 0 saturated heterocycles. The lowest BCUT2D eigenvalue weighted by molar-refractivity contribution is -0.146. The van der Waals surface area contributed by atoms with Crippen LogP contribution in [0.25, 0.3) is 0 Å². The molecule has 1 amide bonds. The maximum Gasteiger partial charge on any atom is 0.226 e. The molecule has 0 aromatic carbocycles. The summed E-state index contributed by atoms with van der Waals surface area (Å²) >= 11 is 0. The van der Waals surface area contributed by atoms with Gasteiger partial charge in [-0.05, 0) is 62.7 Å². The van der Waals surface area contributed by atoms with Crippen LogP contribution in [0.3, 0.4) is 0 Å². The number of amides is 1. The number of hydrogen-bond acceptors (Lipinski definition) is 1. The summed E-state index contributed by atoms with van der Waals surface area (Å²) in [6, 6.07) is 0. The molecule has 0 heterocycles. The van der Waals surface area contributed by atoms with Crippen molar-refractivity contribution in [3.63, 3.8) is 0 Å². The maximum absolute atomic E-state index is 12.5. The van der Waals surface area contributed by atoms with Crippen molar-refractivity contribution in [2.75, 3.05) is 6.54 Å². The van der Waals surface area contributed by atoms with Crippen LogP contribution in [0.1, 0.15) is 58.3 Å². The van der Waals surface area contributed by atoms with Crippen LogP contribution >= 0.6 is 0 Å². The van der Waals surface area contributed by atoms with Crippen LogP contribution in [0.15, 0.2) is 0 Å². The Hall–Kier alpha value is -0.530. The molecule has 96 valence electrons. The van der Waals surface area contributed by atoms with E-state index in [1.54, 1.807) is 0 Å². The molecule has 0 atom stereocenters. The van der Waals surface area contributed by atoms with E-state index in [9.17, 15) is 4.79 Å². The quantitative estimate of drug-likeness (QED) is 0.745. The second-order valence-electron chi connectivity index (χ2n) is 6.81. The molecule has 4 bridgehead atoms. The van der Waals surface area contributed by atoms with Gasteiger partial charge in [0.1, 0.15) is 0 Å². The van der Waals surface area contributed by atoms with E-state index in [4.69, 9.17) is 0 Å². The molecule has 0 unspecified atom stereocenters. The first-order chi connectivity index (χ1) is 8.22. The van der Waals surface area contributed by atoms with Crippen LogP contribution in [-0.4, -0.2) is 12.5 Å². The van der Waals surface area contributed by atoms with Crippen LogP contribution in [-0.2, 0) is 4.79 Å². The fourth-order valence-electron chi connectivity index (χ4n) is 4.95. The van der Waals surface area contributed by atoms with E-state index in [0.29, 0.717) is 5.91 Å². The third kappa shape index (κ3) is 2.00. The Morgan fingerprint density at radius 2 is 1.65 bits per heavy atom. The van der Waals surface area contributed by atoms with Crippen molar-refractivity contribution in [1.82, 2.24) is 5.32 Å². The highest BCUT2D eigenvalue weighted by molar-refractivity contribution is 5.83. The average Bonchev–Trinajstić information content (AvgIpc) is 2.27. The van der Waals surface area contributed by atoms with Gasteiger partial charge in [0, 0.05) is 12.0 Å². The van der Waals surface area contributed by atoms with Gasteiger partial charge in [0.25, 0.3) is 0 Å². The second kappa shape index (κ2) is 4.29. The summed E-state index contributed by atoms with van der Waals surface area (Å²) in [5.74, 6) is 3.01. The molecule has 2 nitrogen and oxygen atoms in total. The van der Waals surface area contributed by atoms with Gasteiger partial charge in [-0.1, -0.05) is 13.3 Å². The van der Waals surface area contributed by atoms with Crippen LogP contribution in [0, 0.1) is 23.2 Å². The molecule has 0 spiro atoms. The molecule has 0 aromatic heterocycles.